The van der Waals surface area contributed by atoms with E-state index >= 15 is 0 Å². The molecule has 0 fully saturated rings. The summed E-state index contributed by atoms with van der Waals surface area (Å²) in [7, 11) is 1.59. The Morgan fingerprint density at radius 1 is 1.16 bits per heavy atom. The van der Waals surface area contributed by atoms with E-state index in [-0.39, 0.29) is 29.2 Å². The summed E-state index contributed by atoms with van der Waals surface area (Å²) in [4.78, 5) is 25.0. The van der Waals surface area contributed by atoms with Crippen LogP contribution in [-0.4, -0.2) is 33.7 Å². The van der Waals surface area contributed by atoms with E-state index in [1.54, 1.807) is 25.6 Å². The highest BCUT2D eigenvalue weighted by Crippen LogP contribution is 2.21. The van der Waals surface area contributed by atoms with Gasteiger partial charge in [-0.1, -0.05) is 11.6 Å². The first-order valence-electron chi connectivity index (χ1n) is 9.43. The van der Waals surface area contributed by atoms with Crippen molar-refractivity contribution in [1.82, 2.24) is 19.5 Å². The number of halogens is 2. The van der Waals surface area contributed by atoms with Crippen LogP contribution < -0.4 is 15.6 Å². The van der Waals surface area contributed by atoms with Crippen molar-refractivity contribution in [3.05, 3.63) is 87.7 Å². The summed E-state index contributed by atoms with van der Waals surface area (Å²) >= 11 is 5.82. The lowest BCUT2D eigenvalue weighted by Gasteiger charge is -2.08. The van der Waals surface area contributed by atoms with Crippen LogP contribution in [0.1, 0.15) is 10.4 Å². The molecular weight excluding hydrogens is 423 g/mol. The monoisotopic (exact) mass is 440 g/mol. The number of carbonyl (C=O) groups is 1. The summed E-state index contributed by atoms with van der Waals surface area (Å²) in [6.07, 6.45) is 3.26. The molecule has 0 atom stereocenters. The first-order chi connectivity index (χ1) is 15.0. The topological polar surface area (TPSA) is 77.6 Å². The smallest absolute Gasteiger partial charge is 0.276 e. The summed E-state index contributed by atoms with van der Waals surface area (Å²) in [5, 5.41) is 7.31. The number of hydrogen-bond acceptors (Lipinski definition) is 4. The highest BCUT2D eigenvalue weighted by Gasteiger charge is 2.13. The molecule has 9 heteroatoms. The molecule has 7 nitrogen and oxygen atoms in total. The Morgan fingerprint density at radius 2 is 1.94 bits per heavy atom. The number of aromatic nitrogens is 3. The van der Waals surface area contributed by atoms with Crippen LogP contribution in [0, 0.1) is 5.82 Å². The number of nitrogens with one attached hydrogen (secondary N) is 1. The zero-order valence-electron chi connectivity index (χ0n) is 16.5. The SMILES string of the molecule is COc1ccc(-c2cc3c(=O)n(CCNC(=O)c4cc(Cl)ccc4F)ccn3n2)cc1. The van der Waals surface area contributed by atoms with Crippen LogP contribution in [0.25, 0.3) is 16.8 Å². The number of ether oxygens (including phenoxy) is 1. The number of rotatable bonds is 6. The Bertz CT molecular complexity index is 1310. The summed E-state index contributed by atoms with van der Waals surface area (Å²) < 4.78 is 21.9. The van der Waals surface area contributed by atoms with Gasteiger partial charge in [0.25, 0.3) is 11.5 Å². The molecule has 0 spiro atoms. The summed E-state index contributed by atoms with van der Waals surface area (Å²) in [5.74, 6) is -0.527. The lowest BCUT2D eigenvalue weighted by molar-refractivity contribution is 0.0948. The number of fused-ring (bicyclic) bond motifs is 1. The number of hydrogen-bond donors (Lipinski definition) is 1. The first kappa shape index (κ1) is 20.6. The number of methoxy groups -OCH3 is 1. The normalized spacial score (nSPS) is 10.9. The molecule has 2 aromatic carbocycles. The van der Waals surface area contributed by atoms with E-state index in [1.807, 2.05) is 24.3 Å². The second-order valence-electron chi connectivity index (χ2n) is 6.76. The van der Waals surface area contributed by atoms with Gasteiger partial charge in [-0.2, -0.15) is 5.10 Å². The molecule has 2 heterocycles. The van der Waals surface area contributed by atoms with Crippen molar-refractivity contribution in [1.29, 1.82) is 0 Å². The zero-order chi connectivity index (χ0) is 22.0. The molecule has 0 aliphatic rings. The summed E-state index contributed by atoms with van der Waals surface area (Å²) in [6.45, 7) is 0.354. The van der Waals surface area contributed by atoms with Gasteiger partial charge in [0.15, 0.2) is 0 Å². The van der Waals surface area contributed by atoms with Crippen molar-refractivity contribution in [2.75, 3.05) is 13.7 Å². The maximum absolute atomic E-state index is 13.8. The third-order valence-electron chi connectivity index (χ3n) is 4.80. The zero-order valence-corrected chi connectivity index (χ0v) is 17.3. The molecule has 0 aliphatic heterocycles. The molecule has 0 bridgehead atoms. The van der Waals surface area contributed by atoms with E-state index in [1.165, 1.54) is 21.2 Å². The second kappa shape index (κ2) is 8.61. The second-order valence-corrected chi connectivity index (χ2v) is 7.20. The first-order valence-corrected chi connectivity index (χ1v) is 9.80. The van der Waals surface area contributed by atoms with Crippen LogP contribution in [0.15, 0.2) is 65.7 Å². The molecule has 0 saturated heterocycles. The minimum Gasteiger partial charge on any atom is -0.497 e. The van der Waals surface area contributed by atoms with E-state index in [4.69, 9.17) is 16.3 Å². The van der Waals surface area contributed by atoms with Crippen LogP contribution >= 0.6 is 11.6 Å². The lowest BCUT2D eigenvalue weighted by Crippen LogP contribution is -2.31. The molecule has 2 aromatic heterocycles. The minimum absolute atomic E-state index is 0.139. The fourth-order valence-electron chi connectivity index (χ4n) is 3.16. The van der Waals surface area contributed by atoms with E-state index in [2.05, 4.69) is 10.4 Å². The Kier molecular flexibility index (Phi) is 5.73. The Hall–Kier alpha value is -3.65. The Balaban J connectivity index is 1.49. The van der Waals surface area contributed by atoms with Gasteiger partial charge < -0.3 is 14.6 Å². The number of benzene rings is 2. The maximum Gasteiger partial charge on any atom is 0.276 e. The molecule has 4 aromatic rings. The van der Waals surface area contributed by atoms with Gasteiger partial charge in [0.05, 0.1) is 18.4 Å². The molecule has 1 N–H and O–H groups in total. The molecule has 31 heavy (non-hydrogen) atoms. The predicted molar refractivity (Wildman–Crippen MR) is 115 cm³/mol. The molecule has 0 radical (unpaired) electrons. The Labute approximate surface area is 181 Å². The Morgan fingerprint density at radius 3 is 2.68 bits per heavy atom. The van der Waals surface area contributed by atoms with Crippen molar-refractivity contribution in [3.63, 3.8) is 0 Å². The van der Waals surface area contributed by atoms with E-state index in [0.29, 0.717) is 11.2 Å². The fraction of sp³-hybridized carbons (Fsp3) is 0.136. The summed E-state index contributed by atoms with van der Waals surface area (Å²) in [5.41, 5.74) is 1.52. The molecule has 0 aliphatic carbocycles. The van der Waals surface area contributed by atoms with Crippen LogP contribution in [-0.2, 0) is 6.54 Å². The number of carbonyl (C=O) groups excluding carboxylic acids is 1. The van der Waals surface area contributed by atoms with Crippen LogP contribution in [0.3, 0.4) is 0 Å². The highest BCUT2D eigenvalue weighted by atomic mass is 35.5. The van der Waals surface area contributed by atoms with Crippen molar-refractivity contribution in [2.45, 2.75) is 6.54 Å². The minimum atomic E-state index is -0.661. The predicted octanol–water partition coefficient (Wildman–Crippen LogP) is 3.39. The van der Waals surface area contributed by atoms with Gasteiger partial charge in [-0.05, 0) is 48.5 Å². The maximum atomic E-state index is 13.8. The number of nitrogens with zero attached hydrogens (tertiary/aromatic N) is 3. The van der Waals surface area contributed by atoms with Gasteiger partial charge in [0.2, 0.25) is 0 Å². The third-order valence-corrected chi connectivity index (χ3v) is 5.04. The molecule has 1 amide bonds. The molecule has 0 saturated carbocycles. The van der Waals surface area contributed by atoms with E-state index < -0.39 is 11.7 Å². The van der Waals surface area contributed by atoms with Crippen LogP contribution in [0.5, 0.6) is 5.75 Å². The van der Waals surface area contributed by atoms with Crippen LogP contribution in [0.2, 0.25) is 5.02 Å². The average Bonchev–Trinajstić information content (AvgIpc) is 3.22. The molecule has 158 valence electrons. The van der Waals surface area contributed by atoms with Gasteiger partial charge >= 0.3 is 0 Å². The van der Waals surface area contributed by atoms with Gasteiger partial charge in [0.1, 0.15) is 17.1 Å². The quantitative estimate of drug-likeness (QED) is 0.498. The van der Waals surface area contributed by atoms with Crippen LogP contribution in [0.4, 0.5) is 4.39 Å². The lowest BCUT2D eigenvalue weighted by atomic mass is 10.1. The molecule has 4 rings (SSSR count). The van der Waals surface area contributed by atoms with Crippen molar-refractivity contribution >= 4 is 23.0 Å². The van der Waals surface area contributed by atoms with Gasteiger partial charge in [0, 0.05) is 36.1 Å². The third kappa shape index (κ3) is 4.29. The average molecular weight is 441 g/mol. The molecule has 0 unspecified atom stereocenters. The van der Waals surface area contributed by atoms with Crippen molar-refractivity contribution in [2.24, 2.45) is 0 Å². The van der Waals surface area contributed by atoms with Crippen molar-refractivity contribution in [3.8, 4) is 17.0 Å². The van der Waals surface area contributed by atoms with Gasteiger partial charge in [-0.3, -0.25) is 9.59 Å². The van der Waals surface area contributed by atoms with E-state index in [0.717, 1.165) is 17.4 Å². The van der Waals surface area contributed by atoms with E-state index in [9.17, 15) is 14.0 Å². The largest absolute Gasteiger partial charge is 0.497 e. The highest BCUT2D eigenvalue weighted by molar-refractivity contribution is 6.31. The van der Waals surface area contributed by atoms with Gasteiger partial charge in [-0.15, -0.1) is 0 Å². The molecular formula is C22H18ClFN4O3. The van der Waals surface area contributed by atoms with Gasteiger partial charge in [-0.25, -0.2) is 8.91 Å². The van der Waals surface area contributed by atoms with Crippen molar-refractivity contribution < 1.29 is 13.9 Å². The summed E-state index contributed by atoms with van der Waals surface area (Å²) in [6, 6.07) is 12.8. The standard InChI is InChI=1S/C22H18ClFN4O3/c1-31-16-5-2-14(3-6-16)19-13-20-22(30)27(10-11-28(20)26-19)9-8-25-21(29)17-12-15(23)4-7-18(17)24/h2-7,10-13H,8-9H2,1H3,(H,25,29). The fourth-order valence-corrected chi connectivity index (χ4v) is 3.33. The number of amides is 1.